The Kier molecular flexibility index (Phi) is 5.70. The summed E-state index contributed by atoms with van der Waals surface area (Å²) in [5.41, 5.74) is 5.54. The molecule has 0 saturated carbocycles. The van der Waals surface area contributed by atoms with Gasteiger partial charge in [0.1, 0.15) is 6.07 Å². The van der Waals surface area contributed by atoms with Crippen LogP contribution in [0.5, 0.6) is 0 Å². The molecule has 8 nitrogen and oxygen atoms in total. The van der Waals surface area contributed by atoms with Crippen molar-refractivity contribution in [1.82, 2.24) is 15.8 Å². The SMILES string of the molecule is CC(=O)NNC(=O)Nc1ccc(N=CN(C)C)c(C#N)c1. The molecule has 0 aliphatic heterocycles. The van der Waals surface area contributed by atoms with E-state index in [4.69, 9.17) is 5.26 Å². The highest BCUT2D eigenvalue weighted by Gasteiger charge is 2.06. The number of urea groups is 1. The number of nitrogens with zero attached hydrogens (tertiary/aromatic N) is 3. The molecule has 0 spiro atoms. The number of hydrogen-bond donors (Lipinski definition) is 3. The van der Waals surface area contributed by atoms with Crippen molar-refractivity contribution in [2.24, 2.45) is 4.99 Å². The zero-order chi connectivity index (χ0) is 15.8. The number of carbonyl (C=O) groups is 2. The molecule has 0 bridgehead atoms. The van der Waals surface area contributed by atoms with Crippen molar-refractivity contribution in [3.05, 3.63) is 23.8 Å². The Balaban J connectivity index is 2.81. The van der Waals surface area contributed by atoms with E-state index in [1.165, 1.54) is 13.0 Å². The van der Waals surface area contributed by atoms with E-state index in [1.807, 2.05) is 20.2 Å². The van der Waals surface area contributed by atoms with Crippen LogP contribution in [0.25, 0.3) is 0 Å². The average Bonchev–Trinajstić information content (AvgIpc) is 2.43. The van der Waals surface area contributed by atoms with Crippen LogP contribution < -0.4 is 16.2 Å². The highest BCUT2D eigenvalue weighted by molar-refractivity contribution is 5.91. The van der Waals surface area contributed by atoms with Gasteiger partial charge in [-0.05, 0) is 18.2 Å². The molecule has 0 aliphatic carbocycles. The maximum atomic E-state index is 11.5. The summed E-state index contributed by atoms with van der Waals surface area (Å²) in [4.78, 5) is 28.0. The first-order valence-electron chi connectivity index (χ1n) is 6.00. The summed E-state index contributed by atoms with van der Waals surface area (Å²) in [7, 11) is 3.63. The van der Waals surface area contributed by atoms with Gasteiger partial charge in [-0.1, -0.05) is 0 Å². The molecule has 1 aromatic carbocycles. The molecule has 0 radical (unpaired) electrons. The third kappa shape index (κ3) is 5.61. The quantitative estimate of drug-likeness (QED) is 0.437. The molecule has 0 unspecified atom stereocenters. The predicted molar refractivity (Wildman–Crippen MR) is 79.0 cm³/mol. The smallest absolute Gasteiger partial charge is 0.337 e. The first kappa shape index (κ1) is 16.0. The van der Waals surface area contributed by atoms with Crippen LogP contribution in [0.1, 0.15) is 12.5 Å². The van der Waals surface area contributed by atoms with Gasteiger partial charge in [-0.15, -0.1) is 0 Å². The topological polar surface area (TPSA) is 110 Å². The second-order valence-electron chi connectivity index (χ2n) is 4.31. The summed E-state index contributed by atoms with van der Waals surface area (Å²) < 4.78 is 0. The molecule has 3 amide bonds. The molecular formula is C13H16N6O2. The van der Waals surface area contributed by atoms with Crippen LogP contribution in [-0.2, 0) is 4.79 Å². The zero-order valence-electron chi connectivity index (χ0n) is 12.0. The number of anilines is 1. The molecule has 0 aromatic heterocycles. The van der Waals surface area contributed by atoms with Gasteiger partial charge in [-0.2, -0.15) is 5.26 Å². The Bertz CT molecular complexity index is 603. The monoisotopic (exact) mass is 288 g/mol. The van der Waals surface area contributed by atoms with Crippen molar-refractivity contribution in [3.8, 4) is 6.07 Å². The third-order valence-electron chi connectivity index (χ3n) is 2.15. The Morgan fingerprint density at radius 1 is 1.33 bits per heavy atom. The zero-order valence-corrected chi connectivity index (χ0v) is 12.0. The Morgan fingerprint density at radius 3 is 2.62 bits per heavy atom. The summed E-state index contributed by atoms with van der Waals surface area (Å²) in [6.45, 7) is 1.27. The van der Waals surface area contributed by atoms with E-state index >= 15 is 0 Å². The molecule has 8 heteroatoms. The van der Waals surface area contributed by atoms with Crippen molar-refractivity contribution in [2.45, 2.75) is 6.92 Å². The fraction of sp³-hybridized carbons (Fsp3) is 0.231. The molecule has 3 N–H and O–H groups in total. The number of rotatable bonds is 3. The van der Waals surface area contributed by atoms with E-state index in [0.29, 0.717) is 16.9 Å². The van der Waals surface area contributed by atoms with Crippen LogP contribution in [0.15, 0.2) is 23.2 Å². The molecule has 110 valence electrons. The summed E-state index contributed by atoms with van der Waals surface area (Å²) in [5, 5.41) is 11.6. The van der Waals surface area contributed by atoms with Crippen LogP contribution in [0.4, 0.5) is 16.2 Å². The summed E-state index contributed by atoms with van der Waals surface area (Å²) >= 11 is 0. The van der Waals surface area contributed by atoms with Gasteiger partial charge in [0.15, 0.2) is 0 Å². The van der Waals surface area contributed by atoms with E-state index < -0.39 is 11.9 Å². The minimum absolute atomic E-state index is 0.324. The van der Waals surface area contributed by atoms with Crippen molar-refractivity contribution < 1.29 is 9.59 Å². The second-order valence-corrected chi connectivity index (χ2v) is 4.31. The summed E-state index contributed by atoms with van der Waals surface area (Å²) in [5.74, 6) is -0.392. The minimum Gasteiger partial charge on any atom is -0.369 e. The molecule has 0 heterocycles. The molecule has 0 atom stereocenters. The molecule has 0 fully saturated rings. The lowest BCUT2D eigenvalue weighted by molar-refractivity contribution is -0.119. The van der Waals surface area contributed by atoms with E-state index in [-0.39, 0.29) is 0 Å². The standard InChI is InChI=1S/C13H16N6O2/c1-9(20)17-18-13(21)16-11-4-5-12(10(6-11)7-14)15-8-19(2)3/h4-6,8H,1-3H3,(H,17,20)(H2,16,18,21). The van der Waals surface area contributed by atoms with Crippen molar-refractivity contribution in [2.75, 3.05) is 19.4 Å². The normalized spacial score (nSPS) is 9.81. The summed E-state index contributed by atoms with van der Waals surface area (Å²) in [6, 6.07) is 6.12. The van der Waals surface area contributed by atoms with Gasteiger partial charge in [0.25, 0.3) is 0 Å². The van der Waals surface area contributed by atoms with E-state index in [1.54, 1.807) is 23.4 Å². The highest BCUT2D eigenvalue weighted by Crippen LogP contribution is 2.22. The number of hydrazine groups is 1. The van der Waals surface area contributed by atoms with Gasteiger partial charge in [-0.25, -0.2) is 15.2 Å². The van der Waals surface area contributed by atoms with Crippen molar-refractivity contribution in [3.63, 3.8) is 0 Å². The molecule has 0 saturated heterocycles. The van der Waals surface area contributed by atoms with Crippen molar-refractivity contribution in [1.29, 1.82) is 5.26 Å². The molecule has 1 aromatic rings. The lowest BCUT2D eigenvalue weighted by atomic mass is 10.2. The largest absolute Gasteiger partial charge is 0.369 e. The molecule has 1 rings (SSSR count). The van der Waals surface area contributed by atoms with Crippen LogP contribution in [0.3, 0.4) is 0 Å². The van der Waals surface area contributed by atoms with Gasteiger partial charge in [-0.3, -0.25) is 10.2 Å². The van der Waals surface area contributed by atoms with E-state index in [2.05, 4.69) is 21.2 Å². The molecule has 0 aliphatic rings. The number of aliphatic imine (C=N–C) groups is 1. The Labute approximate surface area is 122 Å². The van der Waals surface area contributed by atoms with Gasteiger partial charge < -0.3 is 10.2 Å². The lowest BCUT2D eigenvalue weighted by Gasteiger charge is -2.09. The van der Waals surface area contributed by atoms with Crippen LogP contribution in [-0.4, -0.2) is 37.3 Å². The van der Waals surface area contributed by atoms with E-state index in [0.717, 1.165) is 0 Å². The van der Waals surface area contributed by atoms with Gasteiger partial charge in [0.2, 0.25) is 5.91 Å². The van der Waals surface area contributed by atoms with E-state index in [9.17, 15) is 9.59 Å². The number of nitrogens with one attached hydrogen (secondary N) is 3. The van der Waals surface area contributed by atoms with Crippen molar-refractivity contribution >= 4 is 29.7 Å². The number of carbonyl (C=O) groups excluding carboxylic acids is 2. The highest BCUT2D eigenvalue weighted by atomic mass is 16.2. The second kappa shape index (κ2) is 7.49. The number of nitriles is 1. The van der Waals surface area contributed by atoms with Crippen LogP contribution >= 0.6 is 0 Å². The number of amides is 3. The fourth-order valence-corrected chi connectivity index (χ4v) is 1.30. The Hall–Kier alpha value is -3.08. The first-order chi connectivity index (χ1) is 9.92. The summed E-state index contributed by atoms with van der Waals surface area (Å²) in [6.07, 6.45) is 1.58. The number of benzene rings is 1. The Morgan fingerprint density at radius 2 is 2.05 bits per heavy atom. The molecule has 21 heavy (non-hydrogen) atoms. The lowest BCUT2D eigenvalue weighted by Crippen LogP contribution is -2.42. The fourth-order valence-electron chi connectivity index (χ4n) is 1.30. The van der Waals surface area contributed by atoms with Crippen LogP contribution in [0, 0.1) is 11.3 Å². The van der Waals surface area contributed by atoms with Gasteiger partial charge >= 0.3 is 6.03 Å². The first-order valence-corrected chi connectivity index (χ1v) is 6.00. The minimum atomic E-state index is -0.612. The number of hydrogen-bond acceptors (Lipinski definition) is 4. The average molecular weight is 288 g/mol. The predicted octanol–water partition coefficient (Wildman–Crippen LogP) is 0.952. The van der Waals surface area contributed by atoms with Gasteiger partial charge in [0, 0.05) is 26.7 Å². The third-order valence-corrected chi connectivity index (χ3v) is 2.15. The van der Waals surface area contributed by atoms with Gasteiger partial charge in [0.05, 0.1) is 17.6 Å². The maximum absolute atomic E-state index is 11.5. The van der Waals surface area contributed by atoms with Crippen LogP contribution in [0.2, 0.25) is 0 Å². The maximum Gasteiger partial charge on any atom is 0.337 e. The molecular weight excluding hydrogens is 272 g/mol.